The topological polar surface area (TPSA) is 74.8 Å². The van der Waals surface area contributed by atoms with E-state index in [2.05, 4.69) is 43.4 Å². The van der Waals surface area contributed by atoms with Gasteiger partial charge in [-0.3, -0.25) is 4.99 Å². The van der Waals surface area contributed by atoms with E-state index in [1.807, 2.05) is 24.3 Å². The molecule has 2 aromatic carbocycles. The first kappa shape index (κ1) is 19.0. The van der Waals surface area contributed by atoms with Crippen LogP contribution in [0.1, 0.15) is 54.7 Å². The number of nitrogens with zero attached hydrogens (tertiary/aromatic N) is 1. The van der Waals surface area contributed by atoms with E-state index in [0.717, 1.165) is 16.9 Å². The molecule has 0 radical (unpaired) electrons. The van der Waals surface area contributed by atoms with Crippen molar-refractivity contribution in [2.75, 3.05) is 5.32 Å². The second-order valence-electron chi connectivity index (χ2n) is 7.70. The van der Waals surface area contributed by atoms with Crippen molar-refractivity contribution in [3.05, 3.63) is 87.5 Å². The molecule has 3 aromatic rings. The van der Waals surface area contributed by atoms with Crippen LogP contribution in [-0.4, -0.2) is 10.8 Å². The minimum Gasteiger partial charge on any atom is -0.507 e. The van der Waals surface area contributed by atoms with Crippen molar-refractivity contribution in [3.8, 4) is 5.75 Å². The van der Waals surface area contributed by atoms with Gasteiger partial charge in [0.25, 0.3) is 0 Å². The number of hydrogen-bond donors (Lipinski definition) is 2. The van der Waals surface area contributed by atoms with Crippen molar-refractivity contribution in [1.29, 1.82) is 0 Å². The summed E-state index contributed by atoms with van der Waals surface area (Å²) in [5.41, 5.74) is 4.03. The molecule has 5 heteroatoms. The van der Waals surface area contributed by atoms with Gasteiger partial charge < -0.3 is 14.8 Å². The second-order valence-corrected chi connectivity index (χ2v) is 7.70. The lowest BCUT2D eigenvalue weighted by Gasteiger charge is -2.20. The molecule has 1 atom stereocenters. The van der Waals surface area contributed by atoms with E-state index in [4.69, 9.17) is 9.41 Å². The molecule has 5 nitrogen and oxygen atoms in total. The molecule has 0 fully saturated rings. The Hall–Kier alpha value is -3.34. The van der Waals surface area contributed by atoms with Gasteiger partial charge in [0, 0.05) is 12.5 Å². The number of para-hydroxylation sites is 2. The van der Waals surface area contributed by atoms with Crippen LogP contribution in [0.2, 0.25) is 0 Å². The maximum Gasteiger partial charge on any atom is 0.348 e. The molecule has 0 spiro atoms. The summed E-state index contributed by atoms with van der Waals surface area (Å²) in [6.07, 6.45) is 0.442. The van der Waals surface area contributed by atoms with Crippen LogP contribution in [0.4, 0.5) is 11.4 Å². The lowest BCUT2D eigenvalue weighted by atomic mass is 9.95. The first-order valence-electron chi connectivity index (χ1n) is 9.79. The number of aliphatic imine (C=N–C) groups is 1. The van der Waals surface area contributed by atoms with E-state index in [9.17, 15) is 9.90 Å². The molecule has 148 valence electrons. The largest absolute Gasteiger partial charge is 0.507 e. The Morgan fingerprint density at radius 2 is 1.86 bits per heavy atom. The highest BCUT2D eigenvalue weighted by molar-refractivity contribution is 6.05. The summed E-state index contributed by atoms with van der Waals surface area (Å²) in [7, 11) is 0. The summed E-state index contributed by atoms with van der Waals surface area (Å²) in [6, 6.07) is 17.5. The molecular weight excluding hydrogens is 364 g/mol. The number of benzene rings is 2. The summed E-state index contributed by atoms with van der Waals surface area (Å²) >= 11 is 0. The number of fused-ring (bicyclic) bond motifs is 1. The Bertz CT molecular complexity index is 1130. The molecule has 29 heavy (non-hydrogen) atoms. The minimum absolute atomic E-state index is 0.0984. The summed E-state index contributed by atoms with van der Waals surface area (Å²) in [5.74, 6) is 0.716. The zero-order valence-corrected chi connectivity index (χ0v) is 16.8. The fourth-order valence-corrected chi connectivity index (χ4v) is 3.65. The highest BCUT2D eigenvalue weighted by atomic mass is 16.4. The number of aromatic hydroxyl groups is 1. The Morgan fingerprint density at radius 1 is 1.14 bits per heavy atom. The van der Waals surface area contributed by atoms with Crippen LogP contribution in [0.15, 0.2) is 68.8 Å². The molecule has 0 saturated carbocycles. The van der Waals surface area contributed by atoms with E-state index >= 15 is 0 Å². The second kappa shape index (κ2) is 7.59. The Kier molecular flexibility index (Phi) is 4.97. The van der Waals surface area contributed by atoms with Crippen molar-refractivity contribution in [3.63, 3.8) is 0 Å². The number of rotatable bonds is 3. The highest BCUT2D eigenvalue weighted by Gasteiger charge is 2.25. The van der Waals surface area contributed by atoms with Gasteiger partial charge in [-0.05, 0) is 36.1 Å². The molecule has 1 aromatic heterocycles. The molecule has 2 heterocycles. The zero-order valence-electron chi connectivity index (χ0n) is 16.8. The van der Waals surface area contributed by atoms with Crippen molar-refractivity contribution >= 4 is 17.1 Å². The lowest BCUT2D eigenvalue weighted by molar-refractivity contribution is 0.432. The van der Waals surface area contributed by atoms with E-state index in [1.54, 1.807) is 6.92 Å². The lowest BCUT2D eigenvalue weighted by Crippen LogP contribution is -2.20. The number of anilines is 1. The average Bonchev–Trinajstić information content (AvgIpc) is 2.87. The molecule has 0 aliphatic carbocycles. The van der Waals surface area contributed by atoms with Crippen molar-refractivity contribution < 1.29 is 9.52 Å². The monoisotopic (exact) mass is 388 g/mol. The molecule has 1 unspecified atom stereocenters. The third-order valence-electron chi connectivity index (χ3n) is 5.23. The number of hydrogen-bond acceptors (Lipinski definition) is 5. The molecule has 1 aliphatic rings. The summed E-state index contributed by atoms with van der Waals surface area (Å²) < 4.78 is 5.24. The Labute approximate surface area is 169 Å². The highest BCUT2D eigenvalue weighted by Crippen LogP contribution is 2.36. The van der Waals surface area contributed by atoms with Crippen molar-refractivity contribution in [1.82, 2.24) is 0 Å². The first-order chi connectivity index (χ1) is 13.9. The SMILES string of the molecule is Cc1cc(O)c(C2=Nc3ccccc3NC(c3ccc(C(C)C)cc3)C2)c(=O)o1. The molecule has 0 saturated heterocycles. The molecule has 1 aliphatic heterocycles. The maximum atomic E-state index is 12.5. The number of aryl methyl sites for hydroxylation is 1. The van der Waals surface area contributed by atoms with Crippen LogP contribution in [-0.2, 0) is 0 Å². The predicted octanol–water partition coefficient (Wildman–Crippen LogP) is 5.45. The van der Waals surface area contributed by atoms with Gasteiger partial charge in [0.05, 0.1) is 23.1 Å². The standard InChI is InChI=1S/C24H24N2O3/c1-14(2)16-8-10-17(11-9-16)20-13-21(23-22(27)12-15(3)29-24(23)28)26-19-7-5-4-6-18(19)25-20/h4-12,14,20,25,27H,13H2,1-3H3. The van der Waals surface area contributed by atoms with Gasteiger partial charge in [-0.1, -0.05) is 50.2 Å². The maximum absolute atomic E-state index is 12.5. The average molecular weight is 388 g/mol. The third kappa shape index (κ3) is 3.81. The van der Waals surface area contributed by atoms with E-state index in [0.29, 0.717) is 23.8 Å². The molecule has 0 amide bonds. The van der Waals surface area contributed by atoms with Gasteiger partial charge in [0.1, 0.15) is 17.1 Å². The van der Waals surface area contributed by atoms with Gasteiger partial charge in [-0.2, -0.15) is 0 Å². The molecule has 0 bridgehead atoms. The van der Waals surface area contributed by atoms with Gasteiger partial charge in [-0.15, -0.1) is 0 Å². The van der Waals surface area contributed by atoms with E-state index in [1.165, 1.54) is 11.6 Å². The summed E-state index contributed by atoms with van der Waals surface area (Å²) in [4.78, 5) is 17.2. The molecule has 4 rings (SSSR count). The Morgan fingerprint density at radius 3 is 2.55 bits per heavy atom. The fourth-order valence-electron chi connectivity index (χ4n) is 3.65. The molecule has 2 N–H and O–H groups in total. The fraction of sp³-hybridized carbons (Fsp3) is 0.250. The minimum atomic E-state index is -0.575. The van der Waals surface area contributed by atoms with Crippen molar-refractivity contribution in [2.45, 2.75) is 39.2 Å². The van der Waals surface area contributed by atoms with Gasteiger partial charge in [0.15, 0.2) is 0 Å². The quantitative estimate of drug-likeness (QED) is 0.625. The first-order valence-corrected chi connectivity index (χ1v) is 9.79. The summed E-state index contributed by atoms with van der Waals surface area (Å²) in [6.45, 7) is 5.97. The van der Waals surface area contributed by atoms with Gasteiger partial charge >= 0.3 is 5.63 Å². The van der Waals surface area contributed by atoms with E-state index in [-0.39, 0.29) is 17.4 Å². The zero-order chi connectivity index (χ0) is 20.5. The summed E-state index contributed by atoms with van der Waals surface area (Å²) in [5, 5.41) is 14.0. The van der Waals surface area contributed by atoms with Gasteiger partial charge in [-0.25, -0.2) is 4.79 Å². The Balaban J connectivity index is 1.82. The normalized spacial score (nSPS) is 16.0. The van der Waals surface area contributed by atoms with Crippen LogP contribution in [0, 0.1) is 6.92 Å². The van der Waals surface area contributed by atoms with E-state index < -0.39 is 5.63 Å². The smallest absolute Gasteiger partial charge is 0.348 e. The van der Waals surface area contributed by atoms with Crippen LogP contribution in [0.5, 0.6) is 5.75 Å². The van der Waals surface area contributed by atoms with Crippen LogP contribution in [0.3, 0.4) is 0 Å². The predicted molar refractivity (Wildman–Crippen MR) is 116 cm³/mol. The van der Waals surface area contributed by atoms with Crippen LogP contribution in [0.25, 0.3) is 0 Å². The van der Waals surface area contributed by atoms with Gasteiger partial charge in [0.2, 0.25) is 0 Å². The van der Waals surface area contributed by atoms with Crippen LogP contribution >= 0.6 is 0 Å². The third-order valence-corrected chi connectivity index (χ3v) is 5.23. The van der Waals surface area contributed by atoms with Crippen molar-refractivity contribution in [2.24, 2.45) is 4.99 Å². The van der Waals surface area contributed by atoms with Crippen LogP contribution < -0.4 is 10.9 Å². The molecular formula is C24H24N2O3. The number of nitrogens with one attached hydrogen (secondary N) is 1.